The summed E-state index contributed by atoms with van der Waals surface area (Å²) in [6.45, 7) is 2.05. The van der Waals surface area contributed by atoms with Crippen molar-refractivity contribution in [3.05, 3.63) is 18.0 Å². The van der Waals surface area contributed by atoms with Crippen LogP contribution in [0, 0.1) is 0 Å². The molecule has 1 heterocycles. The summed E-state index contributed by atoms with van der Waals surface area (Å²) >= 11 is 0. The molecule has 1 amide bonds. The number of nitrogens with zero attached hydrogens (tertiary/aromatic N) is 2. The highest BCUT2D eigenvalue weighted by Gasteiger charge is 2.03. The number of hydrogen-bond donors (Lipinski definition) is 1. The average molecular weight is 223 g/mol. The number of carbonyl (C=O) groups excluding carboxylic acids is 2. The molecule has 16 heavy (non-hydrogen) atoms. The first-order valence-corrected chi connectivity index (χ1v) is 5.32. The number of nitrogens with one attached hydrogen (secondary N) is 1. The minimum atomic E-state index is -0.0777. The molecule has 88 valence electrons. The lowest BCUT2D eigenvalue weighted by atomic mass is 10.2. The van der Waals surface area contributed by atoms with Crippen LogP contribution >= 0.6 is 0 Å². The van der Waals surface area contributed by atoms with Crippen LogP contribution in [0.2, 0.25) is 0 Å². The van der Waals surface area contributed by atoms with E-state index < -0.39 is 0 Å². The molecule has 0 radical (unpaired) electrons. The second kappa shape index (κ2) is 6.05. The third-order valence-corrected chi connectivity index (χ3v) is 2.18. The van der Waals surface area contributed by atoms with E-state index in [1.807, 2.05) is 19.3 Å². The van der Waals surface area contributed by atoms with Gasteiger partial charge in [-0.1, -0.05) is 0 Å². The van der Waals surface area contributed by atoms with Crippen molar-refractivity contribution >= 4 is 11.7 Å². The number of Topliss-reactive ketones (excluding diaryl/α,β-unsaturated/α-hetero) is 1. The molecule has 0 saturated heterocycles. The van der Waals surface area contributed by atoms with Crippen molar-refractivity contribution in [2.75, 3.05) is 6.54 Å². The third kappa shape index (κ3) is 4.72. The Hall–Kier alpha value is -1.65. The summed E-state index contributed by atoms with van der Waals surface area (Å²) in [6, 6.07) is 1.92. The number of rotatable bonds is 6. The third-order valence-electron chi connectivity index (χ3n) is 2.18. The average Bonchev–Trinajstić information content (AvgIpc) is 2.61. The molecule has 0 aliphatic rings. The van der Waals surface area contributed by atoms with E-state index in [9.17, 15) is 9.59 Å². The van der Waals surface area contributed by atoms with Gasteiger partial charge in [0.15, 0.2) is 0 Å². The predicted molar refractivity (Wildman–Crippen MR) is 59.8 cm³/mol. The highest BCUT2D eigenvalue weighted by Crippen LogP contribution is 1.95. The molecular formula is C11H17N3O2. The monoisotopic (exact) mass is 223 g/mol. The first kappa shape index (κ1) is 12.4. The number of aryl methyl sites for hydroxylation is 1. The van der Waals surface area contributed by atoms with Gasteiger partial charge in [-0.05, 0) is 13.0 Å². The Balaban J connectivity index is 2.15. The van der Waals surface area contributed by atoms with E-state index in [1.54, 1.807) is 4.68 Å². The molecule has 0 bridgehead atoms. The number of aromatic nitrogens is 2. The van der Waals surface area contributed by atoms with Crippen LogP contribution < -0.4 is 5.32 Å². The van der Waals surface area contributed by atoms with Gasteiger partial charge in [-0.25, -0.2) is 0 Å². The molecule has 1 aromatic heterocycles. The Morgan fingerprint density at radius 2 is 2.19 bits per heavy atom. The molecule has 0 spiro atoms. The Morgan fingerprint density at radius 3 is 2.75 bits per heavy atom. The fourth-order valence-corrected chi connectivity index (χ4v) is 1.30. The maximum Gasteiger partial charge on any atom is 0.220 e. The van der Waals surface area contributed by atoms with E-state index >= 15 is 0 Å². The first-order valence-electron chi connectivity index (χ1n) is 5.32. The van der Waals surface area contributed by atoms with Crippen LogP contribution in [0.5, 0.6) is 0 Å². The Morgan fingerprint density at radius 1 is 1.44 bits per heavy atom. The number of hydrogen-bond acceptors (Lipinski definition) is 3. The molecule has 0 saturated carbocycles. The lowest BCUT2D eigenvalue weighted by molar-refractivity contribution is -0.124. The van der Waals surface area contributed by atoms with Gasteiger partial charge in [0.05, 0.1) is 5.69 Å². The molecule has 1 N–H and O–H groups in total. The number of ketones is 1. The van der Waals surface area contributed by atoms with E-state index in [4.69, 9.17) is 0 Å². The van der Waals surface area contributed by atoms with Crippen LogP contribution in [0.1, 0.15) is 25.5 Å². The summed E-state index contributed by atoms with van der Waals surface area (Å²) < 4.78 is 1.73. The largest absolute Gasteiger partial charge is 0.356 e. The second-order valence-corrected chi connectivity index (χ2v) is 3.78. The molecule has 0 unspecified atom stereocenters. The van der Waals surface area contributed by atoms with E-state index in [-0.39, 0.29) is 18.1 Å². The molecule has 5 nitrogen and oxygen atoms in total. The summed E-state index contributed by atoms with van der Waals surface area (Å²) in [4.78, 5) is 21.9. The van der Waals surface area contributed by atoms with Crippen LogP contribution in [-0.4, -0.2) is 28.0 Å². The van der Waals surface area contributed by atoms with Gasteiger partial charge in [0.25, 0.3) is 0 Å². The number of carbonyl (C=O) groups is 2. The van der Waals surface area contributed by atoms with Crippen molar-refractivity contribution in [2.45, 2.75) is 26.2 Å². The zero-order chi connectivity index (χ0) is 12.0. The first-order chi connectivity index (χ1) is 7.58. The minimum Gasteiger partial charge on any atom is -0.356 e. The fourth-order valence-electron chi connectivity index (χ4n) is 1.30. The maximum absolute atomic E-state index is 11.3. The zero-order valence-corrected chi connectivity index (χ0v) is 9.69. The van der Waals surface area contributed by atoms with Crippen LogP contribution in [0.15, 0.2) is 12.3 Å². The van der Waals surface area contributed by atoms with Crippen LogP contribution in [0.3, 0.4) is 0 Å². The van der Waals surface area contributed by atoms with E-state index in [0.717, 1.165) is 5.69 Å². The van der Waals surface area contributed by atoms with Gasteiger partial charge in [0.2, 0.25) is 5.91 Å². The fraction of sp³-hybridized carbons (Fsp3) is 0.545. The molecule has 1 rings (SSSR count). The van der Waals surface area contributed by atoms with Crippen molar-refractivity contribution in [2.24, 2.45) is 7.05 Å². The standard InChI is InChI=1S/C11H17N3O2/c1-9(15)3-4-11(16)12-7-5-10-6-8-14(2)13-10/h6,8H,3-5,7H2,1-2H3,(H,12,16). The maximum atomic E-state index is 11.3. The van der Waals surface area contributed by atoms with Gasteiger partial charge in [0.1, 0.15) is 5.78 Å². The molecule has 0 aliphatic carbocycles. The van der Waals surface area contributed by atoms with Crippen molar-refractivity contribution < 1.29 is 9.59 Å². The highest BCUT2D eigenvalue weighted by molar-refractivity contribution is 5.83. The summed E-state index contributed by atoms with van der Waals surface area (Å²) in [5.41, 5.74) is 0.953. The molecule has 5 heteroatoms. The lowest BCUT2D eigenvalue weighted by Crippen LogP contribution is -2.25. The van der Waals surface area contributed by atoms with Gasteiger partial charge in [-0.15, -0.1) is 0 Å². The topological polar surface area (TPSA) is 64.0 Å². The van der Waals surface area contributed by atoms with Gasteiger partial charge < -0.3 is 10.1 Å². The summed E-state index contributed by atoms with van der Waals surface area (Å²) in [6.07, 6.45) is 3.17. The normalized spacial score (nSPS) is 10.1. The van der Waals surface area contributed by atoms with Crippen molar-refractivity contribution in [3.8, 4) is 0 Å². The zero-order valence-electron chi connectivity index (χ0n) is 9.69. The summed E-state index contributed by atoms with van der Waals surface area (Å²) in [5, 5.41) is 6.95. The molecule has 0 aromatic carbocycles. The second-order valence-electron chi connectivity index (χ2n) is 3.78. The van der Waals surface area contributed by atoms with Crippen LogP contribution in [-0.2, 0) is 23.1 Å². The molecule has 0 aliphatic heterocycles. The number of amides is 1. The molecule has 0 atom stereocenters. The minimum absolute atomic E-state index is 0.0416. The summed E-state index contributed by atoms with van der Waals surface area (Å²) in [5.74, 6) is -0.0361. The molecule has 0 fully saturated rings. The lowest BCUT2D eigenvalue weighted by Gasteiger charge is -2.02. The van der Waals surface area contributed by atoms with E-state index in [0.29, 0.717) is 19.4 Å². The van der Waals surface area contributed by atoms with E-state index in [1.165, 1.54) is 6.92 Å². The Kier molecular flexibility index (Phi) is 4.69. The predicted octanol–water partition coefficient (Wildman–Crippen LogP) is 0.448. The highest BCUT2D eigenvalue weighted by atomic mass is 16.2. The van der Waals surface area contributed by atoms with E-state index in [2.05, 4.69) is 10.4 Å². The van der Waals surface area contributed by atoms with Crippen LogP contribution in [0.4, 0.5) is 0 Å². The molecule has 1 aromatic rings. The van der Waals surface area contributed by atoms with Crippen molar-refractivity contribution in [3.63, 3.8) is 0 Å². The van der Waals surface area contributed by atoms with Crippen molar-refractivity contribution in [1.82, 2.24) is 15.1 Å². The SMILES string of the molecule is CC(=O)CCC(=O)NCCc1ccn(C)n1. The van der Waals surface area contributed by atoms with Crippen LogP contribution in [0.25, 0.3) is 0 Å². The van der Waals surface area contributed by atoms with Gasteiger partial charge in [0, 0.05) is 39.1 Å². The van der Waals surface area contributed by atoms with Gasteiger partial charge >= 0.3 is 0 Å². The van der Waals surface area contributed by atoms with Gasteiger partial charge in [-0.2, -0.15) is 5.10 Å². The van der Waals surface area contributed by atoms with Gasteiger partial charge in [-0.3, -0.25) is 9.48 Å². The molecular weight excluding hydrogens is 206 g/mol. The summed E-state index contributed by atoms with van der Waals surface area (Å²) in [7, 11) is 1.86. The quantitative estimate of drug-likeness (QED) is 0.761. The smallest absolute Gasteiger partial charge is 0.220 e. The Bertz CT molecular complexity index is 371. The Labute approximate surface area is 94.8 Å². The van der Waals surface area contributed by atoms with Crippen molar-refractivity contribution in [1.29, 1.82) is 0 Å².